The minimum atomic E-state index is -0.873. The summed E-state index contributed by atoms with van der Waals surface area (Å²) in [7, 11) is 2.98. The molecule has 0 aliphatic rings. The molecule has 0 saturated heterocycles. The topological polar surface area (TPSA) is 103 Å². The van der Waals surface area contributed by atoms with E-state index in [0.29, 0.717) is 18.2 Å². The Morgan fingerprint density at radius 2 is 1.89 bits per heavy atom. The van der Waals surface area contributed by atoms with Crippen molar-refractivity contribution in [2.45, 2.75) is 19.6 Å². The molecule has 2 N–H and O–H groups in total. The lowest BCUT2D eigenvalue weighted by Gasteiger charge is -2.15. The second-order valence-electron chi connectivity index (χ2n) is 6.23. The fourth-order valence-electron chi connectivity index (χ4n) is 2.89. The highest BCUT2D eigenvalue weighted by Gasteiger charge is 2.20. The quantitative estimate of drug-likeness (QED) is 0.618. The number of aliphatic hydroxyl groups excluding tert-OH is 1. The van der Waals surface area contributed by atoms with Crippen molar-refractivity contribution in [2.75, 3.05) is 18.5 Å². The van der Waals surface area contributed by atoms with Crippen LogP contribution in [-0.4, -0.2) is 43.0 Å². The van der Waals surface area contributed by atoms with Gasteiger partial charge in [0.05, 0.1) is 6.54 Å². The zero-order valence-corrected chi connectivity index (χ0v) is 15.5. The number of hydrogen-bond acceptors (Lipinski definition) is 6. The van der Waals surface area contributed by atoms with E-state index in [-0.39, 0.29) is 24.3 Å². The highest BCUT2D eigenvalue weighted by Crippen LogP contribution is 2.17. The molecular formula is C18H23N5O4. The molecule has 0 unspecified atom stereocenters. The molecule has 0 saturated carbocycles. The molecule has 3 aromatic rings. The summed E-state index contributed by atoms with van der Waals surface area (Å²) >= 11 is 0. The number of para-hydroxylation sites is 1. The van der Waals surface area contributed by atoms with Crippen LogP contribution in [0.4, 0.5) is 5.95 Å². The Bertz CT molecular complexity index is 1050. The maximum atomic E-state index is 12.6. The number of benzene rings is 1. The van der Waals surface area contributed by atoms with Crippen LogP contribution in [0.2, 0.25) is 0 Å². The number of rotatable bonds is 7. The molecule has 0 bridgehead atoms. The fourth-order valence-corrected chi connectivity index (χ4v) is 2.89. The van der Waals surface area contributed by atoms with Crippen LogP contribution in [-0.2, 0) is 20.6 Å². The first-order valence-corrected chi connectivity index (χ1v) is 8.70. The molecule has 2 heterocycles. The molecule has 0 aliphatic heterocycles. The third-order valence-electron chi connectivity index (χ3n) is 4.26. The summed E-state index contributed by atoms with van der Waals surface area (Å²) in [5.74, 6) is 1.07. The average Bonchev–Trinajstić information content (AvgIpc) is 3.02. The molecule has 0 radical (unpaired) electrons. The molecular weight excluding hydrogens is 350 g/mol. The number of fused-ring (bicyclic) bond motifs is 1. The molecule has 9 nitrogen and oxygen atoms in total. The molecule has 1 aromatic carbocycles. The lowest BCUT2D eigenvalue weighted by atomic mass is 10.3. The number of imidazole rings is 1. The molecule has 0 amide bonds. The molecule has 0 spiro atoms. The first-order valence-electron chi connectivity index (χ1n) is 8.70. The molecule has 27 heavy (non-hydrogen) atoms. The number of aromatic nitrogens is 4. The van der Waals surface area contributed by atoms with Crippen molar-refractivity contribution in [3.63, 3.8) is 0 Å². The van der Waals surface area contributed by atoms with Crippen molar-refractivity contribution in [3.8, 4) is 5.75 Å². The number of nitrogens with zero attached hydrogens (tertiary/aromatic N) is 4. The van der Waals surface area contributed by atoms with E-state index in [1.807, 2.05) is 25.1 Å². The normalized spacial score (nSPS) is 12.3. The number of ether oxygens (including phenoxy) is 1. The average molecular weight is 373 g/mol. The van der Waals surface area contributed by atoms with Gasteiger partial charge in [0, 0.05) is 20.6 Å². The van der Waals surface area contributed by atoms with Crippen molar-refractivity contribution < 1.29 is 9.84 Å². The zero-order valence-electron chi connectivity index (χ0n) is 15.5. The van der Waals surface area contributed by atoms with E-state index >= 15 is 0 Å². The lowest BCUT2D eigenvalue weighted by Crippen LogP contribution is -2.38. The smallest absolute Gasteiger partial charge is 0.332 e. The minimum Gasteiger partial charge on any atom is -0.491 e. The predicted octanol–water partition coefficient (Wildman–Crippen LogP) is 0.305. The number of nitrogens with one attached hydrogen (secondary N) is 1. The first kappa shape index (κ1) is 18.7. The van der Waals surface area contributed by atoms with Gasteiger partial charge in [0.1, 0.15) is 18.5 Å². The zero-order chi connectivity index (χ0) is 19.6. The van der Waals surface area contributed by atoms with Gasteiger partial charge in [-0.05, 0) is 19.1 Å². The predicted molar refractivity (Wildman–Crippen MR) is 102 cm³/mol. The van der Waals surface area contributed by atoms with Crippen LogP contribution in [0, 0.1) is 0 Å². The largest absolute Gasteiger partial charge is 0.491 e. The van der Waals surface area contributed by atoms with Crippen molar-refractivity contribution in [3.05, 3.63) is 51.2 Å². The Morgan fingerprint density at radius 1 is 1.19 bits per heavy atom. The van der Waals surface area contributed by atoms with Crippen molar-refractivity contribution >= 4 is 17.1 Å². The van der Waals surface area contributed by atoms with Crippen LogP contribution in [0.3, 0.4) is 0 Å². The summed E-state index contributed by atoms with van der Waals surface area (Å²) in [4.78, 5) is 29.2. The lowest BCUT2D eigenvalue weighted by molar-refractivity contribution is 0.0938. The summed E-state index contributed by atoms with van der Waals surface area (Å²) in [6.07, 6.45) is -0.873. The molecule has 2 aromatic heterocycles. The summed E-state index contributed by atoms with van der Waals surface area (Å²) in [6.45, 7) is 2.63. The minimum absolute atomic E-state index is 0.0569. The Morgan fingerprint density at radius 3 is 2.56 bits per heavy atom. The summed E-state index contributed by atoms with van der Waals surface area (Å²) in [5, 5.41) is 13.5. The van der Waals surface area contributed by atoms with Gasteiger partial charge in [-0.1, -0.05) is 18.2 Å². The standard InChI is InChI=1S/C18H23N5O4/c1-4-19-17-20-15-14(16(25)22(3)18(26)21(15)2)23(17)10-12(24)11-27-13-8-6-5-7-9-13/h5-9,12,24H,4,10-11H2,1-3H3,(H,19,20)/t12-/m0/s1. The summed E-state index contributed by atoms with van der Waals surface area (Å²) < 4.78 is 9.53. The number of anilines is 1. The van der Waals surface area contributed by atoms with E-state index in [1.54, 1.807) is 23.7 Å². The van der Waals surface area contributed by atoms with E-state index in [9.17, 15) is 14.7 Å². The van der Waals surface area contributed by atoms with Crippen molar-refractivity contribution in [2.24, 2.45) is 14.1 Å². The van der Waals surface area contributed by atoms with Gasteiger partial charge in [0.25, 0.3) is 5.56 Å². The van der Waals surface area contributed by atoms with Crippen molar-refractivity contribution in [1.29, 1.82) is 0 Å². The Balaban J connectivity index is 1.95. The van der Waals surface area contributed by atoms with Gasteiger partial charge in [0.2, 0.25) is 5.95 Å². The van der Waals surface area contributed by atoms with E-state index in [4.69, 9.17) is 4.74 Å². The van der Waals surface area contributed by atoms with Crippen LogP contribution in [0.25, 0.3) is 11.2 Å². The van der Waals surface area contributed by atoms with Gasteiger partial charge in [0.15, 0.2) is 11.2 Å². The molecule has 1 atom stereocenters. The Labute approximate surface area is 155 Å². The maximum absolute atomic E-state index is 12.6. The second-order valence-corrected chi connectivity index (χ2v) is 6.23. The van der Waals surface area contributed by atoms with E-state index in [1.165, 1.54) is 11.6 Å². The number of hydrogen-bond donors (Lipinski definition) is 2. The van der Waals surface area contributed by atoms with Gasteiger partial charge in [-0.3, -0.25) is 13.9 Å². The maximum Gasteiger partial charge on any atom is 0.332 e. The first-order chi connectivity index (χ1) is 12.9. The van der Waals surface area contributed by atoms with Gasteiger partial charge in [-0.25, -0.2) is 4.79 Å². The Kier molecular flexibility index (Phi) is 5.31. The highest BCUT2D eigenvalue weighted by atomic mass is 16.5. The number of aliphatic hydroxyl groups is 1. The molecule has 0 aliphatic carbocycles. The summed E-state index contributed by atoms with van der Waals surface area (Å²) in [5.41, 5.74) is -0.376. The van der Waals surface area contributed by atoms with Gasteiger partial charge >= 0.3 is 5.69 Å². The van der Waals surface area contributed by atoms with Crippen LogP contribution < -0.4 is 21.3 Å². The van der Waals surface area contributed by atoms with E-state index < -0.39 is 17.4 Å². The monoisotopic (exact) mass is 373 g/mol. The third-order valence-corrected chi connectivity index (χ3v) is 4.26. The van der Waals surface area contributed by atoms with Gasteiger partial charge in [-0.15, -0.1) is 0 Å². The van der Waals surface area contributed by atoms with Crippen LogP contribution in [0.15, 0.2) is 39.9 Å². The number of aryl methyl sites for hydroxylation is 1. The molecule has 9 heteroatoms. The SMILES string of the molecule is CCNc1nc2c(c(=O)n(C)c(=O)n2C)n1C[C@H](O)COc1ccccc1. The fraction of sp³-hybridized carbons (Fsp3) is 0.389. The van der Waals surface area contributed by atoms with Crippen LogP contribution in [0.1, 0.15) is 6.92 Å². The molecule has 3 rings (SSSR count). The van der Waals surface area contributed by atoms with Crippen molar-refractivity contribution in [1.82, 2.24) is 18.7 Å². The summed E-state index contributed by atoms with van der Waals surface area (Å²) in [6, 6.07) is 9.17. The van der Waals surface area contributed by atoms with Crippen LogP contribution in [0.5, 0.6) is 5.75 Å². The molecule has 144 valence electrons. The second kappa shape index (κ2) is 7.67. The van der Waals surface area contributed by atoms with Gasteiger partial charge < -0.3 is 19.7 Å². The van der Waals surface area contributed by atoms with Crippen LogP contribution >= 0.6 is 0 Å². The van der Waals surface area contributed by atoms with E-state index in [0.717, 1.165) is 4.57 Å². The van der Waals surface area contributed by atoms with Gasteiger partial charge in [-0.2, -0.15) is 4.98 Å². The van der Waals surface area contributed by atoms with E-state index in [2.05, 4.69) is 10.3 Å². The third kappa shape index (κ3) is 3.59. The highest BCUT2D eigenvalue weighted by molar-refractivity contribution is 5.74. The molecule has 0 fully saturated rings. The Hall–Kier alpha value is -3.07.